The summed E-state index contributed by atoms with van der Waals surface area (Å²) in [7, 11) is 1.63. The summed E-state index contributed by atoms with van der Waals surface area (Å²) in [6, 6.07) is 15.1. The summed E-state index contributed by atoms with van der Waals surface area (Å²) in [4.78, 5) is 0. The minimum absolute atomic E-state index is 0.0381. The Balaban J connectivity index is 1.64. The highest BCUT2D eigenvalue weighted by Gasteiger charge is 2.43. The van der Waals surface area contributed by atoms with E-state index in [0.717, 1.165) is 22.4 Å². The predicted molar refractivity (Wildman–Crippen MR) is 104 cm³/mol. The Bertz CT molecular complexity index is 1060. The molecule has 5 rings (SSSR count). The Morgan fingerprint density at radius 3 is 2.86 bits per heavy atom. The highest BCUT2D eigenvalue weighted by atomic mass is 16.5. The van der Waals surface area contributed by atoms with E-state index in [2.05, 4.69) is 0 Å². The van der Waals surface area contributed by atoms with Crippen molar-refractivity contribution in [3.05, 3.63) is 77.2 Å². The molecule has 6 heteroatoms. The highest BCUT2D eigenvalue weighted by molar-refractivity contribution is 6.04. The van der Waals surface area contributed by atoms with Gasteiger partial charge in [0.2, 0.25) is 6.23 Å². The summed E-state index contributed by atoms with van der Waals surface area (Å²) < 4.78 is 17.4. The maximum atomic E-state index is 10.4. The molecule has 0 amide bonds. The summed E-state index contributed by atoms with van der Waals surface area (Å²) in [6.45, 7) is 2.00. The molecule has 0 saturated heterocycles. The molecule has 0 bridgehead atoms. The molecule has 6 nitrogen and oxygen atoms in total. The molecule has 3 heterocycles. The first-order valence-electron chi connectivity index (χ1n) is 9.18. The van der Waals surface area contributed by atoms with E-state index in [0.29, 0.717) is 23.7 Å². The third kappa shape index (κ3) is 2.52. The molecule has 0 unspecified atom stereocenters. The van der Waals surface area contributed by atoms with E-state index < -0.39 is 6.23 Å². The van der Waals surface area contributed by atoms with Gasteiger partial charge in [-0.1, -0.05) is 23.8 Å². The van der Waals surface area contributed by atoms with E-state index in [1.165, 1.54) is 0 Å². The topological polar surface area (TPSA) is 67.4 Å². The number of fused-ring (bicyclic) bond motifs is 3. The van der Waals surface area contributed by atoms with Gasteiger partial charge in [0.25, 0.3) is 0 Å². The van der Waals surface area contributed by atoms with Gasteiger partial charge in [-0.2, -0.15) is 5.10 Å². The van der Waals surface area contributed by atoms with Gasteiger partial charge in [0.05, 0.1) is 25.1 Å². The van der Waals surface area contributed by atoms with E-state index in [1.807, 2.05) is 54.4 Å². The van der Waals surface area contributed by atoms with Crippen molar-refractivity contribution in [2.75, 3.05) is 7.11 Å². The van der Waals surface area contributed by atoms with Crippen molar-refractivity contribution in [2.45, 2.75) is 25.6 Å². The quantitative estimate of drug-likeness (QED) is 0.727. The maximum absolute atomic E-state index is 10.4. The molecular formula is C22H20N2O4. The maximum Gasteiger partial charge on any atom is 0.246 e. The van der Waals surface area contributed by atoms with Crippen LogP contribution in [0.3, 0.4) is 0 Å². The number of phenols is 1. The van der Waals surface area contributed by atoms with Gasteiger partial charge in [0.1, 0.15) is 5.75 Å². The Labute approximate surface area is 162 Å². The summed E-state index contributed by atoms with van der Waals surface area (Å²) in [6.07, 6.45) is 1.77. The van der Waals surface area contributed by atoms with E-state index in [4.69, 9.17) is 19.0 Å². The van der Waals surface area contributed by atoms with Crippen LogP contribution in [0.5, 0.6) is 17.2 Å². The van der Waals surface area contributed by atoms with Crippen molar-refractivity contribution in [2.24, 2.45) is 5.10 Å². The van der Waals surface area contributed by atoms with Gasteiger partial charge in [-0.15, -0.1) is 0 Å². The molecule has 3 aromatic rings. The Hall–Kier alpha value is -3.41. The molecule has 0 saturated carbocycles. The van der Waals surface area contributed by atoms with Crippen LogP contribution in [-0.2, 0) is 0 Å². The standard InChI is InChI=1S/C22H20N2O4/c1-13-8-9-18(25)15(11-13)16-12-17-14-5-3-6-19(26-2)21(14)28-22(24(17)23-16)20-7-4-10-27-20/h3-11,17,22,25H,12H2,1-2H3/t17-,22-/m1/s1. The molecule has 1 aromatic heterocycles. The summed E-state index contributed by atoms with van der Waals surface area (Å²) in [5.74, 6) is 2.28. The number of hydrogen-bond donors (Lipinski definition) is 1. The fraction of sp³-hybridized carbons (Fsp3) is 0.227. The predicted octanol–water partition coefficient (Wildman–Crippen LogP) is 4.54. The number of hydrogen-bond acceptors (Lipinski definition) is 6. The van der Waals surface area contributed by atoms with Crippen molar-refractivity contribution in [1.29, 1.82) is 0 Å². The zero-order chi connectivity index (χ0) is 19.3. The lowest BCUT2D eigenvalue weighted by Gasteiger charge is -2.37. The van der Waals surface area contributed by atoms with Crippen molar-refractivity contribution < 1.29 is 19.0 Å². The monoisotopic (exact) mass is 376 g/mol. The third-order valence-corrected chi connectivity index (χ3v) is 5.25. The van der Waals surface area contributed by atoms with Crippen LogP contribution in [0, 0.1) is 6.92 Å². The number of nitrogens with zero attached hydrogens (tertiary/aromatic N) is 2. The normalized spacial score (nSPS) is 20.2. The smallest absolute Gasteiger partial charge is 0.246 e. The van der Waals surface area contributed by atoms with Gasteiger partial charge in [-0.3, -0.25) is 0 Å². The third-order valence-electron chi connectivity index (χ3n) is 5.25. The first kappa shape index (κ1) is 16.7. The minimum atomic E-state index is -0.506. The zero-order valence-corrected chi connectivity index (χ0v) is 15.6. The number of benzene rings is 2. The molecule has 28 heavy (non-hydrogen) atoms. The molecule has 1 N–H and O–H groups in total. The molecule has 0 aliphatic carbocycles. The summed E-state index contributed by atoms with van der Waals surface area (Å²) in [5, 5.41) is 17.1. The van der Waals surface area contributed by atoms with Crippen LogP contribution in [0.2, 0.25) is 0 Å². The van der Waals surface area contributed by atoms with Crippen molar-refractivity contribution in [3.8, 4) is 17.2 Å². The van der Waals surface area contributed by atoms with Gasteiger partial charge < -0.3 is 19.0 Å². The molecular weight excluding hydrogens is 356 g/mol. The molecule has 0 spiro atoms. The van der Waals surface area contributed by atoms with Crippen LogP contribution in [0.25, 0.3) is 0 Å². The number of ether oxygens (including phenoxy) is 2. The van der Waals surface area contributed by atoms with E-state index in [9.17, 15) is 5.11 Å². The van der Waals surface area contributed by atoms with Gasteiger partial charge in [-0.25, -0.2) is 5.01 Å². The molecule has 2 aliphatic heterocycles. The lowest BCUT2D eigenvalue weighted by Crippen LogP contribution is -2.33. The number of rotatable bonds is 3. The number of para-hydroxylation sites is 1. The number of hydrazone groups is 1. The molecule has 0 radical (unpaired) electrons. The van der Waals surface area contributed by atoms with Crippen LogP contribution in [0.15, 0.2) is 64.3 Å². The molecule has 2 atom stereocenters. The number of aromatic hydroxyl groups is 1. The van der Waals surface area contributed by atoms with Crippen LogP contribution in [0.1, 0.15) is 41.1 Å². The second-order valence-corrected chi connectivity index (χ2v) is 7.03. The van der Waals surface area contributed by atoms with E-state index in [-0.39, 0.29) is 11.8 Å². The summed E-state index contributed by atoms with van der Waals surface area (Å²) >= 11 is 0. The van der Waals surface area contributed by atoms with Gasteiger partial charge in [0.15, 0.2) is 17.3 Å². The Morgan fingerprint density at radius 1 is 1.18 bits per heavy atom. The van der Waals surface area contributed by atoms with Crippen LogP contribution >= 0.6 is 0 Å². The first-order chi connectivity index (χ1) is 13.7. The number of methoxy groups -OCH3 is 1. The van der Waals surface area contributed by atoms with Gasteiger partial charge in [-0.05, 0) is 37.3 Å². The SMILES string of the molecule is COc1cccc2c1O[C@H](c1ccco1)N1N=C(c3cc(C)ccc3O)C[C@H]21. The zero-order valence-electron chi connectivity index (χ0n) is 15.6. The molecule has 2 aliphatic rings. The second-order valence-electron chi connectivity index (χ2n) is 7.03. The molecule has 0 fully saturated rings. The highest BCUT2D eigenvalue weighted by Crippen LogP contribution is 2.51. The van der Waals surface area contributed by atoms with Crippen molar-refractivity contribution in [3.63, 3.8) is 0 Å². The Kier molecular flexibility index (Phi) is 3.79. The minimum Gasteiger partial charge on any atom is -0.507 e. The van der Waals surface area contributed by atoms with Gasteiger partial charge in [0, 0.05) is 17.5 Å². The van der Waals surface area contributed by atoms with Crippen molar-refractivity contribution >= 4 is 5.71 Å². The lowest BCUT2D eigenvalue weighted by atomic mass is 9.95. The Morgan fingerprint density at radius 2 is 2.07 bits per heavy atom. The summed E-state index contributed by atoms with van der Waals surface area (Å²) in [5.41, 5.74) is 3.65. The van der Waals surface area contributed by atoms with Crippen LogP contribution < -0.4 is 9.47 Å². The second kappa shape index (κ2) is 6.34. The largest absolute Gasteiger partial charge is 0.507 e. The lowest BCUT2D eigenvalue weighted by molar-refractivity contribution is -0.0342. The fourth-order valence-corrected chi connectivity index (χ4v) is 3.91. The van der Waals surface area contributed by atoms with E-state index in [1.54, 1.807) is 19.4 Å². The molecule has 142 valence electrons. The van der Waals surface area contributed by atoms with E-state index >= 15 is 0 Å². The first-order valence-corrected chi connectivity index (χ1v) is 9.18. The fourth-order valence-electron chi connectivity index (χ4n) is 3.91. The number of phenolic OH excluding ortho intramolecular Hbond substituents is 1. The van der Waals surface area contributed by atoms with Crippen LogP contribution in [0.4, 0.5) is 0 Å². The average molecular weight is 376 g/mol. The average Bonchev–Trinajstić information content (AvgIpc) is 3.39. The van der Waals surface area contributed by atoms with Crippen molar-refractivity contribution in [1.82, 2.24) is 5.01 Å². The molecule has 2 aromatic carbocycles. The number of furan rings is 1. The number of aryl methyl sites for hydroxylation is 1. The van der Waals surface area contributed by atoms with Crippen LogP contribution in [-0.4, -0.2) is 22.9 Å². The van der Waals surface area contributed by atoms with Gasteiger partial charge >= 0.3 is 0 Å².